The van der Waals surface area contributed by atoms with Gasteiger partial charge in [-0.25, -0.2) is 20.0 Å². The molecule has 0 aromatic carbocycles. The van der Waals surface area contributed by atoms with Crippen LogP contribution in [0.4, 0.5) is 0 Å². The Bertz CT molecular complexity index is 516. The van der Waals surface area contributed by atoms with Crippen LogP contribution >= 0.6 is 21.8 Å². The summed E-state index contributed by atoms with van der Waals surface area (Å²) in [5.41, 5.74) is -0.220. The van der Waals surface area contributed by atoms with Crippen LogP contribution in [0.5, 0.6) is 0 Å². The minimum atomic E-state index is -1.04. The second-order valence-electron chi connectivity index (χ2n) is 7.70. The van der Waals surface area contributed by atoms with Crippen LogP contribution in [0, 0.1) is 0 Å². The molecule has 8 heteroatoms. The molecule has 1 aliphatic heterocycles. The van der Waals surface area contributed by atoms with Gasteiger partial charge in [0.25, 0.3) is 11.8 Å². The smallest absolute Gasteiger partial charge is 0.877 e. The predicted octanol–water partition coefficient (Wildman–Crippen LogP) is 0.693. The van der Waals surface area contributed by atoms with Gasteiger partial charge in [0.2, 0.25) is 0 Å². The summed E-state index contributed by atoms with van der Waals surface area (Å²) in [6.07, 6.45) is 14.4. The van der Waals surface area contributed by atoms with Gasteiger partial charge in [-0.3, -0.25) is 9.59 Å². The van der Waals surface area contributed by atoms with E-state index in [0.29, 0.717) is 18.0 Å². The third kappa shape index (κ3) is 9.33. The molecule has 0 aromatic heterocycles. The van der Waals surface area contributed by atoms with E-state index in [2.05, 4.69) is 26.4 Å². The molecule has 2 amide bonds. The number of hydrazine groups is 1. The SMILES string of the molecule is CCCCCCSCN1C(=O)/C(=C/[O-])C(=O)N1CS(C)(C)CCCCCC.[Na+]. The standard InChI is InChI=1S/C20H38N2O3S2.Na/c1-5-7-9-11-13-26-16-21-19(24)18(15-23)20(25)22(21)17-27(3,4)14-12-10-8-6-2;/h15,23H,5-14,16-17H2,1-4H3;/q;+1/p-1/b18-15-;. The molecular weight excluding hydrogens is 403 g/mol. The molecule has 158 valence electrons. The fraction of sp³-hybridized carbons (Fsp3) is 0.800. The Morgan fingerprint density at radius 1 is 0.929 bits per heavy atom. The fourth-order valence-electron chi connectivity index (χ4n) is 3.04. The maximum Gasteiger partial charge on any atom is 1.00 e. The van der Waals surface area contributed by atoms with Crippen molar-refractivity contribution in [1.29, 1.82) is 0 Å². The summed E-state index contributed by atoms with van der Waals surface area (Å²) in [6, 6.07) is 0. The number of carbonyl (C=O) groups is 2. The Morgan fingerprint density at radius 2 is 1.50 bits per heavy atom. The molecule has 0 aliphatic carbocycles. The molecule has 0 aromatic rings. The molecule has 1 heterocycles. The molecule has 5 nitrogen and oxygen atoms in total. The Hall–Kier alpha value is 0.180. The van der Waals surface area contributed by atoms with E-state index in [1.807, 2.05) is 0 Å². The van der Waals surface area contributed by atoms with E-state index >= 15 is 0 Å². The molecule has 0 spiro atoms. The van der Waals surface area contributed by atoms with Gasteiger partial charge in [0.05, 0.1) is 17.3 Å². The van der Waals surface area contributed by atoms with E-state index in [1.54, 1.807) is 16.8 Å². The Kier molecular flexibility index (Phi) is 15.1. The number of amides is 2. The van der Waals surface area contributed by atoms with Gasteiger partial charge in [0, 0.05) is 0 Å². The van der Waals surface area contributed by atoms with E-state index < -0.39 is 21.8 Å². The Balaban J connectivity index is 0.00000729. The maximum absolute atomic E-state index is 12.6. The molecule has 0 atom stereocenters. The average Bonchev–Trinajstić information content (AvgIpc) is 2.84. The fourth-order valence-corrected chi connectivity index (χ4v) is 6.04. The second kappa shape index (κ2) is 15.1. The number of hydrogen-bond acceptors (Lipinski definition) is 4. The third-order valence-corrected chi connectivity index (χ3v) is 8.06. The normalized spacial score (nSPS) is 16.8. The van der Waals surface area contributed by atoms with Crippen molar-refractivity contribution >= 4 is 33.6 Å². The van der Waals surface area contributed by atoms with Crippen LogP contribution in [0.3, 0.4) is 0 Å². The van der Waals surface area contributed by atoms with Crippen molar-refractivity contribution in [2.45, 2.75) is 65.2 Å². The van der Waals surface area contributed by atoms with Gasteiger partial charge in [0.1, 0.15) is 0 Å². The van der Waals surface area contributed by atoms with Crippen molar-refractivity contribution in [1.82, 2.24) is 10.0 Å². The van der Waals surface area contributed by atoms with Crippen molar-refractivity contribution in [2.24, 2.45) is 0 Å². The largest absolute Gasteiger partial charge is 1.00 e. The summed E-state index contributed by atoms with van der Waals surface area (Å²) in [5, 5.41) is 14.3. The Labute approximate surface area is 199 Å². The van der Waals surface area contributed by atoms with Crippen LogP contribution < -0.4 is 34.7 Å². The number of hydrogen-bond donors (Lipinski definition) is 0. The van der Waals surface area contributed by atoms with E-state index in [9.17, 15) is 14.7 Å². The van der Waals surface area contributed by atoms with Crippen molar-refractivity contribution < 1.29 is 44.3 Å². The summed E-state index contributed by atoms with van der Waals surface area (Å²) in [6.45, 7) is 4.38. The first-order valence-corrected chi connectivity index (χ1v) is 14.0. The summed E-state index contributed by atoms with van der Waals surface area (Å²) in [7, 11) is -1.04. The predicted molar refractivity (Wildman–Crippen MR) is 117 cm³/mol. The first-order valence-electron chi connectivity index (χ1n) is 10.1. The molecule has 0 N–H and O–H groups in total. The van der Waals surface area contributed by atoms with Gasteiger partial charge < -0.3 is 5.11 Å². The number of nitrogens with zero attached hydrogens (tertiary/aromatic N) is 2. The molecule has 0 saturated carbocycles. The van der Waals surface area contributed by atoms with E-state index in [4.69, 9.17) is 0 Å². The van der Waals surface area contributed by atoms with Gasteiger partial charge in [-0.15, -0.1) is 18.0 Å². The van der Waals surface area contributed by atoms with E-state index in [-0.39, 0.29) is 35.1 Å². The number of carbonyl (C=O) groups excluding carboxylic acids is 2. The summed E-state index contributed by atoms with van der Waals surface area (Å²) in [4.78, 5) is 25.1. The van der Waals surface area contributed by atoms with Gasteiger partial charge >= 0.3 is 29.6 Å². The van der Waals surface area contributed by atoms with Gasteiger partial charge in [0.15, 0.2) is 0 Å². The molecule has 28 heavy (non-hydrogen) atoms. The van der Waals surface area contributed by atoms with Crippen molar-refractivity contribution in [3.63, 3.8) is 0 Å². The number of unbranched alkanes of at least 4 members (excludes halogenated alkanes) is 6. The zero-order valence-corrected chi connectivity index (χ0v) is 22.1. The quantitative estimate of drug-likeness (QED) is 0.131. The zero-order chi connectivity index (χ0) is 20.3. The van der Waals surface area contributed by atoms with Crippen molar-refractivity contribution in [3.05, 3.63) is 11.8 Å². The van der Waals surface area contributed by atoms with Gasteiger partial charge in [-0.05, 0) is 36.9 Å². The first-order chi connectivity index (χ1) is 12.9. The van der Waals surface area contributed by atoms with Crippen molar-refractivity contribution in [3.8, 4) is 0 Å². The minimum Gasteiger partial charge on any atom is -0.877 e. The molecule has 0 radical (unpaired) electrons. The third-order valence-electron chi connectivity index (χ3n) is 4.72. The van der Waals surface area contributed by atoms with E-state index in [0.717, 1.165) is 24.3 Å². The van der Waals surface area contributed by atoms with Crippen molar-refractivity contribution in [2.75, 3.05) is 35.8 Å². The summed E-state index contributed by atoms with van der Waals surface area (Å²) >= 11 is 1.66. The van der Waals surface area contributed by atoms with E-state index in [1.165, 1.54) is 43.5 Å². The minimum absolute atomic E-state index is 0. The first kappa shape index (κ1) is 28.2. The summed E-state index contributed by atoms with van der Waals surface area (Å²) in [5.74, 6) is 2.19. The molecule has 1 rings (SSSR count). The number of thioether (sulfide) groups is 1. The van der Waals surface area contributed by atoms with Crippen LogP contribution in [0.25, 0.3) is 0 Å². The maximum atomic E-state index is 12.6. The second-order valence-corrected chi connectivity index (χ2v) is 13.0. The molecule has 1 saturated heterocycles. The summed E-state index contributed by atoms with van der Waals surface area (Å²) < 4.78 is 0. The average molecular weight is 441 g/mol. The van der Waals surface area contributed by atoms with Gasteiger partial charge in [-0.2, -0.15) is 0 Å². The van der Waals surface area contributed by atoms with Crippen LogP contribution in [0.15, 0.2) is 11.8 Å². The monoisotopic (exact) mass is 440 g/mol. The number of rotatable bonds is 14. The molecule has 0 unspecified atom stereocenters. The molecule has 0 bridgehead atoms. The molecular formula is C20H37N2NaO3S2. The van der Waals surface area contributed by atoms with Gasteiger partial charge in [-0.1, -0.05) is 52.4 Å². The topological polar surface area (TPSA) is 63.7 Å². The van der Waals surface area contributed by atoms with Crippen LogP contribution in [-0.2, 0) is 9.59 Å². The van der Waals surface area contributed by atoms with Crippen LogP contribution in [0.2, 0.25) is 0 Å². The zero-order valence-electron chi connectivity index (χ0n) is 18.5. The van der Waals surface area contributed by atoms with Crippen LogP contribution in [0.1, 0.15) is 65.2 Å². The molecule has 1 fully saturated rings. The molecule has 1 aliphatic rings. The van der Waals surface area contributed by atoms with Crippen LogP contribution in [-0.4, -0.2) is 57.6 Å². The Morgan fingerprint density at radius 3 is 2.07 bits per heavy atom.